The number of benzene rings is 2. The van der Waals surface area contributed by atoms with Gasteiger partial charge in [0.05, 0.1) is 4.92 Å². The molecule has 0 radical (unpaired) electrons. The van der Waals surface area contributed by atoms with Gasteiger partial charge in [0.2, 0.25) is 0 Å². The zero-order chi connectivity index (χ0) is 15.4. The van der Waals surface area contributed by atoms with Gasteiger partial charge in [-0.25, -0.2) is 0 Å². The van der Waals surface area contributed by atoms with Crippen LogP contribution < -0.4 is 9.64 Å². The molecular formula is C15H15BrN2O3. The van der Waals surface area contributed by atoms with Crippen LogP contribution in [0.15, 0.2) is 46.9 Å². The molecule has 0 amide bonds. The summed E-state index contributed by atoms with van der Waals surface area (Å²) in [5, 5.41) is 11.2. The zero-order valence-corrected chi connectivity index (χ0v) is 13.3. The molecule has 0 heterocycles. The van der Waals surface area contributed by atoms with E-state index >= 15 is 0 Å². The summed E-state index contributed by atoms with van der Waals surface area (Å²) in [6.45, 7) is 0.356. The second-order valence-corrected chi connectivity index (χ2v) is 5.61. The standard InChI is InChI=1S/C15H15BrN2O3/c1-17(2)15-13(18(19)20)8-12(16)9-14(15)21-10-11-6-4-3-5-7-11/h3-9H,10H2,1-2H3. The molecule has 0 aliphatic rings. The number of halogens is 1. The van der Waals surface area contributed by atoms with Crippen LogP contribution in [0.4, 0.5) is 11.4 Å². The Kier molecular flexibility index (Phi) is 4.80. The van der Waals surface area contributed by atoms with E-state index in [1.807, 2.05) is 30.3 Å². The first-order valence-electron chi connectivity index (χ1n) is 6.31. The van der Waals surface area contributed by atoms with Crippen LogP contribution >= 0.6 is 15.9 Å². The highest BCUT2D eigenvalue weighted by molar-refractivity contribution is 9.10. The van der Waals surface area contributed by atoms with E-state index in [2.05, 4.69) is 15.9 Å². The first-order chi connectivity index (χ1) is 9.99. The first kappa shape index (κ1) is 15.3. The van der Waals surface area contributed by atoms with Crippen molar-refractivity contribution >= 4 is 27.3 Å². The molecular weight excluding hydrogens is 336 g/mol. The van der Waals surface area contributed by atoms with Crippen molar-refractivity contribution in [3.8, 4) is 5.75 Å². The van der Waals surface area contributed by atoms with Gasteiger partial charge in [0.25, 0.3) is 5.69 Å². The number of rotatable bonds is 5. The van der Waals surface area contributed by atoms with Crippen molar-refractivity contribution in [3.05, 3.63) is 62.6 Å². The Hall–Kier alpha value is -2.08. The summed E-state index contributed by atoms with van der Waals surface area (Å²) in [5.74, 6) is 0.477. The molecule has 110 valence electrons. The third-order valence-corrected chi connectivity index (χ3v) is 3.36. The second-order valence-electron chi connectivity index (χ2n) is 4.70. The predicted molar refractivity (Wildman–Crippen MR) is 85.9 cm³/mol. The molecule has 2 aromatic rings. The molecule has 0 saturated heterocycles. The van der Waals surface area contributed by atoms with Crippen molar-refractivity contribution in [1.82, 2.24) is 0 Å². The average Bonchev–Trinajstić information content (AvgIpc) is 2.45. The summed E-state index contributed by atoms with van der Waals surface area (Å²) >= 11 is 3.29. The molecule has 0 aliphatic heterocycles. The van der Waals surface area contributed by atoms with Crippen molar-refractivity contribution in [2.75, 3.05) is 19.0 Å². The molecule has 0 saturated carbocycles. The number of nitro groups is 1. The lowest BCUT2D eigenvalue weighted by Crippen LogP contribution is -2.13. The van der Waals surface area contributed by atoms with E-state index in [9.17, 15) is 10.1 Å². The summed E-state index contributed by atoms with van der Waals surface area (Å²) in [6, 6.07) is 12.9. The molecule has 0 aliphatic carbocycles. The predicted octanol–water partition coefficient (Wildman–Crippen LogP) is 4.00. The van der Waals surface area contributed by atoms with Crippen LogP contribution in [-0.2, 0) is 6.61 Å². The number of hydrogen-bond donors (Lipinski definition) is 0. The lowest BCUT2D eigenvalue weighted by atomic mass is 10.2. The Morgan fingerprint density at radius 3 is 2.48 bits per heavy atom. The molecule has 21 heavy (non-hydrogen) atoms. The van der Waals surface area contributed by atoms with Gasteiger partial charge in [-0.05, 0) is 11.6 Å². The maximum Gasteiger partial charge on any atom is 0.297 e. The number of nitro benzene ring substituents is 1. The Balaban J connectivity index is 2.35. The van der Waals surface area contributed by atoms with Crippen LogP contribution in [-0.4, -0.2) is 19.0 Å². The van der Waals surface area contributed by atoms with Crippen molar-refractivity contribution in [2.24, 2.45) is 0 Å². The third-order valence-electron chi connectivity index (χ3n) is 2.90. The molecule has 0 atom stereocenters. The maximum absolute atomic E-state index is 11.2. The van der Waals surface area contributed by atoms with Crippen LogP contribution in [0.5, 0.6) is 5.75 Å². The third kappa shape index (κ3) is 3.72. The van der Waals surface area contributed by atoms with Gasteiger partial charge in [-0.2, -0.15) is 0 Å². The molecule has 0 bridgehead atoms. The van der Waals surface area contributed by atoms with Crippen molar-refractivity contribution in [2.45, 2.75) is 6.61 Å². The highest BCUT2D eigenvalue weighted by atomic mass is 79.9. The van der Waals surface area contributed by atoms with Crippen LogP contribution in [0.2, 0.25) is 0 Å². The molecule has 5 nitrogen and oxygen atoms in total. The van der Waals surface area contributed by atoms with E-state index in [0.717, 1.165) is 5.56 Å². The van der Waals surface area contributed by atoms with Crippen LogP contribution in [0.3, 0.4) is 0 Å². The van der Waals surface area contributed by atoms with Gasteiger partial charge in [0, 0.05) is 24.6 Å². The average molecular weight is 351 g/mol. The van der Waals surface area contributed by atoms with Gasteiger partial charge in [-0.3, -0.25) is 10.1 Å². The smallest absolute Gasteiger partial charge is 0.297 e. The van der Waals surface area contributed by atoms with Crippen LogP contribution in [0.25, 0.3) is 0 Å². The molecule has 0 aromatic heterocycles. The van der Waals surface area contributed by atoms with Gasteiger partial charge < -0.3 is 9.64 Å². The Bertz CT molecular complexity index is 645. The van der Waals surface area contributed by atoms with E-state index < -0.39 is 4.92 Å². The lowest BCUT2D eigenvalue weighted by molar-refractivity contribution is -0.384. The fourth-order valence-corrected chi connectivity index (χ4v) is 2.42. The highest BCUT2D eigenvalue weighted by Crippen LogP contribution is 2.39. The van der Waals surface area contributed by atoms with Crippen LogP contribution in [0.1, 0.15) is 5.56 Å². The highest BCUT2D eigenvalue weighted by Gasteiger charge is 2.22. The van der Waals surface area contributed by atoms with Gasteiger partial charge >= 0.3 is 0 Å². The quantitative estimate of drug-likeness (QED) is 0.604. The molecule has 0 spiro atoms. The van der Waals surface area contributed by atoms with Crippen molar-refractivity contribution < 1.29 is 9.66 Å². The Morgan fingerprint density at radius 2 is 1.90 bits per heavy atom. The topological polar surface area (TPSA) is 55.6 Å². The molecule has 2 rings (SSSR count). The largest absolute Gasteiger partial charge is 0.486 e. The minimum atomic E-state index is -0.407. The monoisotopic (exact) mass is 350 g/mol. The maximum atomic E-state index is 11.2. The van der Waals surface area contributed by atoms with Gasteiger partial charge in [0.1, 0.15) is 6.61 Å². The number of nitrogens with zero attached hydrogens (tertiary/aromatic N) is 2. The van der Waals surface area contributed by atoms with Crippen LogP contribution in [0, 0.1) is 10.1 Å². The minimum absolute atomic E-state index is 0.0115. The molecule has 0 unspecified atom stereocenters. The minimum Gasteiger partial charge on any atom is -0.486 e. The number of anilines is 1. The zero-order valence-electron chi connectivity index (χ0n) is 11.7. The van der Waals surface area contributed by atoms with Crippen molar-refractivity contribution in [3.63, 3.8) is 0 Å². The SMILES string of the molecule is CN(C)c1c(OCc2ccccc2)cc(Br)cc1[N+](=O)[O-]. The molecule has 0 fully saturated rings. The Labute approximate surface area is 131 Å². The number of hydrogen-bond acceptors (Lipinski definition) is 4. The van der Waals surface area contributed by atoms with Gasteiger partial charge in [-0.15, -0.1) is 0 Å². The van der Waals surface area contributed by atoms with E-state index in [-0.39, 0.29) is 5.69 Å². The van der Waals surface area contributed by atoms with E-state index in [4.69, 9.17) is 4.74 Å². The van der Waals surface area contributed by atoms with E-state index in [0.29, 0.717) is 22.5 Å². The van der Waals surface area contributed by atoms with Gasteiger partial charge in [0.15, 0.2) is 11.4 Å². The first-order valence-corrected chi connectivity index (χ1v) is 7.10. The summed E-state index contributed by atoms with van der Waals surface area (Å²) in [7, 11) is 3.51. The fraction of sp³-hybridized carbons (Fsp3) is 0.200. The summed E-state index contributed by atoms with van der Waals surface area (Å²) in [4.78, 5) is 12.5. The van der Waals surface area contributed by atoms with Gasteiger partial charge in [-0.1, -0.05) is 46.3 Å². The van der Waals surface area contributed by atoms with E-state index in [1.54, 1.807) is 25.1 Å². The molecule has 6 heteroatoms. The fourth-order valence-electron chi connectivity index (χ4n) is 1.99. The molecule has 0 N–H and O–H groups in total. The summed E-state index contributed by atoms with van der Waals surface area (Å²) < 4.78 is 6.39. The number of ether oxygens (including phenoxy) is 1. The Morgan fingerprint density at radius 1 is 1.24 bits per heavy atom. The second kappa shape index (κ2) is 6.58. The summed E-state index contributed by atoms with van der Waals surface area (Å²) in [5.41, 5.74) is 1.47. The normalized spacial score (nSPS) is 10.2. The lowest BCUT2D eigenvalue weighted by Gasteiger charge is -2.18. The van der Waals surface area contributed by atoms with E-state index in [1.165, 1.54) is 6.07 Å². The van der Waals surface area contributed by atoms with Crippen molar-refractivity contribution in [1.29, 1.82) is 0 Å². The molecule has 2 aromatic carbocycles. The summed E-state index contributed by atoms with van der Waals surface area (Å²) in [6.07, 6.45) is 0.